The fourth-order valence-electron chi connectivity index (χ4n) is 1.54. The Morgan fingerprint density at radius 3 is 2.74 bits per heavy atom. The number of benzene rings is 1. The van der Waals surface area contributed by atoms with E-state index in [9.17, 15) is 4.79 Å². The molecule has 0 spiro atoms. The van der Waals surface area contributed by atoms with Crippen molar-refractivity contribution in [3.05, 3.63) is 23.2 Å². The summed E-state index contributed by atoms with van der Waals surface area (Å²) in [6.07, 6.45) is 1.52. The normalized spacial score (nSPS) is 11.4. The van der Waals surface area contributed by atoms with Crippen molar-refractivity contribution >= 4 is 35.6 Å². The van der Waals surface area contributed by atoms with Crippen LogP contribution in [0.5, 0.6) is 5.75 Å². The lowest BCUT2D eigenvalue weighted by molar-refractivity contribution is -0.117. The molecular formula is C13H20Cl2N2O2. The van der Waals surface area contributed by atoms with E-state index < -0.39 is 6.04 Å². The van der Waals surface area contributed by atoms with E-state index in [0.717, 1.165) is 6.42 Å². The molecule has 1 amide bonds. The monoisotopic (exact) mass is 306 g/mol. The van der Waals surface area contributed by atoms with Crippen LogP contribution in [0.1, 0.15) is 26.7 Å². The molecule has 4 nitrogen and oxygen atoms in total. The predicted octanol–water partition coefficient (Wildman–Crippen LogP) is 3.23. The number of carbonyl (C=O) groups excluding carboxylic acids is 1. The smallest absolute Gasteiger partial charge is 0.241 e. The Balaban J connectivity index is 0.00000324. The zero-order chi connectivity index (χ0) is 13.5. The summed E-state index contributed by atoms with van der Waals surface area (Å²) in [5, 5.41) is 3.32. The highest BCUT2D eigenvalue weighted by Gasteiger charge is 2.14. The number of rotatable bonds is 6. The van der Waals surface area contributed by atoms with Gasteiger partial charge in [0.2, 0.25) is 5.91 Å². The van der Waals surface area contributed by atoms with Gasteiger partial charge in [-0.15, -0.1) is 12.4 Å². The Morgan fingerprint density at radius 1 is 1.47 bits per heavy atom. The quantitative estimate of drug-likeness (QED) is 0.848. The summed E-state index contributed by atoms with van der Waals surface area (Å²) < 4.78 is 5.42. The number of amides is 1. The van der Waals surface area contributed by atoms with E-state index in [1.165, 1.54) is 0 Å². The minimum absolute atomic E-state index is 0. The van der Waals surface area contributed by atoms with E-state index in [1.54, 1.807) is 18.2 Å². The van der Waals surface area contributed by atoms with E-state index >= 15 is 0 Å². The highest BCUT2D eigenvalue weighted by molar-refractivity contribution is 6.30. The van der Waals surface area contributed by atoms with Gasteiger partial charge in [-0.05, 0) is 25.5 Å². The number of hydrogen-bond acceptors (Lipinski definition) is 3. The second kappa shape index (κ2) is 9.02. The number of hydrogen-bond donors (Lipinski definition) is 2. The van der Waals surface area contributed by atoms with E-state index in [1.807, 2.05) is 13.8 Å². The van der Waals surface area contributed by atoms with Crippen molar-refractivity contribution in [1.82, 2.24) is 0 Å². The van der Waals surface area contributed by atoms with Crippen molar-refractivity contribution in [3.63, 3.8) is 0 Å². The van der Waals surface area contributed by atoms with E-state index in [2.05, 4.69) is 5.32 Å². The van der Waals surface area contributed by atoms with E-state index in [0.29, 0.717) is 29.5 Å². The topological polar surface area (TPSA) is 64.4 Å². The molecule has 3 N–H and O–H groups in total. The van der Waals surface area contributed by atoms with Crippen LogP contribution >= 0.6 is 24.0 Å². The van der Waals surface area contributed by atoms with Crippen LogP contribution in [0.15, 0.2) is 18.2 Å². The van der Waals surface area contributed by atoms with Crippen LogP contribution in [0.25, 0.3) is 0 Å². The first-order valence-electron chi connectivity index (χ1n) is 6.07. The van der Waals surface area contributed by atoms with Crippen molar-refractivity contribution in [2.75, 3.05) is 11.9 Å². The number of halogens is 2. The highest BCUT2D eigenvalue weighted by Crippen LogP contribution is 2.28. The fraction of sp³-hybridized carbons (Fsp3) is 0.462. The molecule has 19 heavy (non-hydrogen) atoms. The van der Waals surface area contributed by atoms with Crippen molar-refractivity contribution in [3.8, 4) is 5.75 Å². The molecule has 0 heterocycles. The van der Waals surface area contributed by atoms with Gasteiger partial charge in [-0.25, -0.2) is 0 Å². The minimum atomic E-state index is -0.500. The van der Waals surface area contributed by atoms with Crippen LogP contribution in [-0.4, -0.2) is 18.6 Å². The van der Waals surface area contributed by atoms with Crippen molar-refractivity contribution < 1.29 is 9.53 Å². The molecule has 0 aromatic heterocycles. The van der Waals surface area contributed by atoms with Gasteiger partial charge in [0.25, 0.3) is 0 Å². The van der Waals surface area contributed by atoms with Gasteiger partial charge in [0.15, 0.2) is 0 Å². The third-order valence-electron chi connectivity index (χ3n) is 2.44. The summed E-state index contributed by atoms with van der Waals surface area (Å²) in [6.45, 7) is 4.36. The average Bonchev–Trinajstić information content (AvgIpc) is 2.33. The first-order chi connectivity index (χ1) is 8.58. The van der Waals surface area contributed by atoms with Crippen LogP contribution in [0.3, 0.4) is 0 Å². The molecule has 0 bridgehead atoms. The minimum Gasteiger partial charge on any atom is -0.492 e. The predicted molar refractivity (Wildman–Crippen MR) is 81.4 cm³/mol. The molecule has 1 atom stereocenters. The molecule has 0 saturated heterocycles. The zero-order valence-electron chi connectivity index (χ0n) is 11.1. The molecule has 0 aliphatic carbocycles. The van der Waals surface area contributed by atoms with Crippen LogP contribution in [0.2, 0.25) is 5.02 Å². The molecule has 0 radical (unpaired) electrons. The SMILES string of the molecule is CCCC(N)C(=O)Nc1ccc(Cl)cc1OCC.Cl. The molecule has 1 unspecified atom stereocenters. The third kappa shape index (κ3) is 5.68. The van der Waals surface area contributed by atoms with Gasteiger partial charge in [-0.2, -0.15) is 0 Å². The van der Waals surface area contributed by atoms with E-state index in [4.69, 9.17) is 22.1 Å². The van der Waals surface area contributed by atoms with Gasteiger partial charge in [-0.3, -0.25) is 4.79 Å². The summed E-state index contributed by atoms with van der Waals surface area (Å²) in [4.78, 5) is 11.8. The fourth-order valence-corrected chi connectivity index (χ4v) is 1.70. The Bertz CT molecular complexity index is 414. The summed E-state index contributed by atoms with van der Waals surface area (Å²) in [5.41, 5.74) is 6.35. The van der Waals surface area contributed by atoms with Gasteiger partial charge in [0.1, 0.15) is 5.75 Å². The molecule has 6 heteroatoms. The lowest BCUT2D eigenvalue weighted by Crippen LogP contribution is -2.35. The number of anilines is 1. The molecule has 1 rings (SSSR count). The Labute approximate surface area is 125 Å². The molecule has 0 aliphatic heterocycles. The van der Waals surface area contributed by atoms with Crippen LogP contribution in [0, 0.1) is 0 Å². The summed E-state index contributed by atoms with van der Waals surface area (Å²) in [7, 11) is 0. The van der Waals surface area contributed by atoms with Gasteiger partial charge in [-0.1, -0.05) is 24.9 Å². The maximum atomic E-state index is 11.8. The molecular weight excluding hydrogens is 287 g/mol. The Hall–Kier alpha value is -0.970. The van der Waals surface area contributed by atoms with Crippen LogP contribution in [-0.2, 0) is 4.79 Å². The highest BCUT2D eigenvalue weighted by atomic mass is 35.5. The van der Waals surface area contributed by atoms with Gasteiger partial charge in [0.05, 0.1) is 18.3 Å². The second-order valence-corrected chi connectivity index (χ2v) is 4.39. The van der Waals surface area contributed by atoms with Crippen molar-refractivity contribution in [2.24, 2.45) is 5.73 Å². The Kier molecular flexibility index (Phi) is 8.56. The van der Waals surface area contributed by atoms with E-state index in [-0.39, 0.29) is 18.3 Å². The number of nitrogens with two attached hydrogens (primary N) is 1. The average molecular weight is 307 g/mol. The van der Waals surface area contributed by atoms with Gasteiger partial charge < -0.3 is 15.8 Å². The standard InChI is InChI=1S/C13H19ClN2O2.ClH/c1-3-5-10(15)13(17)16-11-7-6-9(14)8-12(11)18-4-2;/h6-8,10H,3-5,15H2,1-2H3,(H,16,17);1H. The molecule has 1 aromatic carbocycles. The summed E-state index contributed by atoms with van der Waals surface area (Å²) >= 11 is 5.88. The molecule has 108 valence electrons. The summed E-state index contributed by atoms with van der Waals surface area (Å²) in [6, 6.07) is 4.58. The molecule has 0 fully saturated rings. The zero-order valence-corrected chi connectivity index (χ0v) is 12.7. The maximum absolute atomic E-state index is 11.8. The van der Waals surface area contributed by atoms with Crippen molar-refractivity contribution in [2.45, 2.75) is 32.7 Å². The van der Waals surface area contributed by atoms with Crippen molar-refractivity contribution in [1.29, 1.82) is 0 Å². The molecule has 0 aliphatic rings. The lowest BCUT2D eigenvalue weighted by Gasteiger charge is -2.14. The van der Waals surface area contributed by atoms with Gasteiger partial charge >= 0.3 is 0 Å². The largest absolute Gasteiger partial charge is 0.492 e. The number of carbonyl (C=O) groups is 1. The first kappa shape index (κ1) is 18.0. The second-order valence-electron chi connectivity index (χ2n) is 3.96. The Morgan fingerprint density at radius 2 is 2.16 bits per heavy atom. The summed E-state index contributed by atoms with van der Waals surface area (Å²) in [5.74, 6) is 0.349. The third-order valence-corrected chi connectivity index (χ3v) is 2.67. The first-order valence-corrected chi connectivity index (χ1v) is 6.45. The lowest BCUT2D eigenvalue weighted by atomic mass is 10.1. The number of ether oxygens (including phenoxy) is 1. The van der Waals surface area contributed by atoms with Crippen LogP contribution < -0.4 is 15.8 Å². The maximum Gasteiger partial charge on any atom is 0.241 e. The number of nitrogens with one attached hydrogen (secondary N) is 1. The van der Waals surface area contributed by atoms with Crippen LogP contribution in [0.4, 0.5) is 5.69 Å². The van der Waals surface area contributed by atoms with Gasteiger partial charge in [0, 0.05) is 11.1 Å². The molecule has 1 aromatic rings. The molecule has 0 saturated carbocycles.